The maximum Gasteiger partial charge on any atom is 0.343 e. The SMILES string of the molecule is Cc1nccc(C(=O)Oc2ccc(C(C)(C)C)cc2)c1CCN(CCN(C)C)C(=O)CN. The summed E-state index contributed by atoms with van der Waals surface area (Å²) in [5.41, 5.74) is 8.77. The molecule has 0 atom stereocenters. The fourth-order valence-electron chi connectivity index (χ4n) is 3.35. The smallest absolute Gasteiger partial charge is 0.343 e. The number of ether oxygens (including phenoxy) is 1. The Morgan fingerprint density at radius 2 is 1.69 bits per heavy atom. The van der Waals surface area contributed by atoms with E-state index < -0.39 is 5.97 Å². The summed E-state index contributed by atoms with van der Waals surface area (Å²) in [4.78, 5) is 33.3. The molecule has 0 fully saturated rings. The monoisotopic (exact) mass is 440 g/mol. The fourth-order valence-corrected chi connectivity index (χ4v) is 3.35. The van der Waals surface area contributed by atoms with E-state index in [1.54, 1.807) is 17.2 Å². The first-order chi connectivity index (χ1) is 15.0. The van der Waals surface area contributed by atoms with Crippen LogP contribution < -0.4 is 10.5 Å². The lowest BCUT2D eigenvalue weighted by Gasteiger charge is -2.24. The summed E-state index contributed by atoms with van der Waals surface area (Å²) in [5.74, 6) is -0.0511. The number of pyridine rings is 1. The van der Waals surface area contributed by atoms with E-state index in [1.165, 1.54) is 5.56 Å². The van der Waals surface area contributed by atoms with Crippen molar-refractivity contribution in [3.8, 4) is 5.75 Å². The number of nitrogens with zero attached hydrogens (tertiary/aromatic N) is 3. The molecule has 1 heterocycles. The van der Waals surface area contributed by atoms with Gasteiger partial charge in [-0.25, -0.2) is 4.79 Å². The van der Waals surface area contributed by atoms with Crippen LogP contribution in [-0.2, 0) is 16.6 Å². The highest BCUT2D eigenvalue weighted by molar-refractivity contribution is 5.92. The van der Waals surface area contributed by atoms with Crippen LogP contribution in [0.3, 0.4) is 0 Å². The molecular weight excluding hydrogens is 404 g/mol. The van der Waals surface area contributed by atoms with E-state index >= 15 is 0 Å². The van der Waals surface area contributed by atoms with Crippen LogP contribution in [0.1, 0.15) is 48.0 Å². The number of aromatic nitrogens is 1. The molecular formula is C25H36N4O3. The van der Waals surface area contributed by atoms with Crippen LogP contribution in [0.4, 0.5) is 0 Å². The van der Waals surface area contributed by atoms with Gasteiger partial charge in [0.2, 0.25) is 5.91 Å². The summed E-state index contributed by atoms with van der Waals surface area (Å²) in [6.45, 7) is 9.99. The number of hydrogen-bond acceptors (Lipinski definition) is 6. The minimum absolute atomic E-state index is 0.0251. The highest BCUT2D eigenvalue weighted by Crippen LogP contribution is 2.25. The van der Waals surface area contributed by atoms with Crippen molar-refractivity contribution in [2.24, 2.45) is 5.73 Å². The lowest BCUT2D eigenvalue weighted by molar-refractivity contribution is -0.129. The number of nitrogens with two attached hydrogens (primary N) is 1. The molecule has 0 aliphatic carbocycles. The van der Waals surface area contributed by atoms with Crippen molar-refractivity contribution in [1.29, 1.82) is 0 Å². The van der Waals surface area contributed by atoms with Crippen LogP contribution >= 0.6 is 0 Å². The molecule has 32 heavy (non-hydrogen) atoms. The van der Waals surface area contributed by atoms with Crippen molar-refractivity contribution in [3.05, 3.63) is 58.9 Å². The van der Waals surface area contributed by atoms with Crippen molar-refractivity contribution < 1.29 is 14.3 Å². The lowest BCUT2D eigenvalue weighted by Crippen LogP contribution is -2.41. The Morgan fingerprint density at radius 1 is 1.03 bits per heavy atom. The molecule has 2 rings (SSSR count). The van der Waals surface area contributed by atoms with Gasteiger partial charge in [0.1, 0.15) is 5.75 Å². The minimum atomic E-state index is -0.431. The van der Waals surface area contributed by atoms with Gasteiger partial charge in [-0.05, 0) is 62.2 Å². The highest BCUT2D eigenvalue weighted by atomic mass is 16.5. The lowest BCUT2D eigenvalue weighted by atomic mass is 9.87. The van der Waals surface area contributed by atoms with Crippen molar-refractivity contribution >= 4 is 11.9 Å². The number of esters is 1. The average Bonchev–Trinajstić information content (AvgIpc) is 2.73. The Labute approximate surface area is 191 Å². The molecule has 2 N–H and O–H groups in total. The van der Waals surface area contributed by atoms with Gasteiger partial charge < -0.3 is 20.3 Å². The van der Waals surface area contributed by atoms with Crippen molar-refractivity contribution in [1.82, 2.24) is 14.8 Å². The predicted molar refractivity (Wildman–Crippen MR) is 127 cm³/mol. The maximum absolute atomic E-state index is 13.0. The molecule has 2 aromatic rings. The molecule has 0 radical (unpaired) electrons. The van der Waals surface area contributed by atoms with E-state index in [2.05, 4.69) is 25.8 Å². The van der Waals surface area contributed by atoms with E-state index in [-0.39, 0.29) is 17.9 Å². The zero-order chi connectivity index (χ0) is 23.9. The molecule has 0 aliphatic rings. The van der Waals surface area contributed by atoms with Crippen LogP contribution in [0.2, 0.25) is 0 Å². The number of amides is 1. The first-order valence-corrected chi connectivity index (χ1v) is 10.9. The quantitative estimate of drug-likeness (QED) is 0.476. The number of likely N-dealkylation sites (N-methyl/N-ethyl adjacent to an activating group) is 1. The van der Waals surface area contributed by atoms with E-state index in [4.69, 9.17) is 10.5 Å². The fraction of sp³-hybridized carbons (Fsp3) is 0.480. The van der Waals surface area contributed by atoms with Crippen molar-refractivity contribution in [2.75, 3.05) is 40.3 Å². The summed E-state index contributed by atoms with van der Waals surface area (Å²) >= 11 is 0. The van der Waals surface area contributed by atoms with Gasteiger partial charge >= 0.3 is 5.97 Å². The van der Waals surface area contributed by atoms with Crippen LogP contribution in [-0.4, -0.2) is 66.9 Å². The normalized spacial score (nSPS) is 11.5. The Morgan fingerprint density at radius 3 is 2.25 bits per heavy atom. The average molecular weight is 441 g/mol. The number of benzene rings is 1. The van der Waals surface area contributed by atoms with Gasteiger partial charge in [-0.3, -0.25) is 9.78 Å². The van der Waals surface area contributed by atoms with Gasteiger partial charge in [0.05, 0.1) is 12.1 Å². The third kappa shape index (κ3) is 7.14. The second-order valence-corrected chi connectivity index (χ2v) is 9.22. The highest BCUT2D eigenvalue weighted by Gasteiger charge is 2.19. The molecule has 1 aromatic heterocycles. The van der Waals surface area contributed by atoms with Crippen LogP contribution in [0.5, 0.6) is 5.75 Å². The first-order valence-electron chi connectivity index (χ1n) is 10.9. The van der Waals surface area contributed by atoms with Crippen LogP contribution in [0, 0.1) is 6.92 Å². The van der Waals surface area contributed by atoms with Crippen molar-refractivity contribution in [3.63, 3.8) is 0 Å². The summed E-state index contributed by atoms with van der Waals surface area (Å²) in [6, 6.07) is 9.25. The minimum Gasteiger partial charge on any atom is -0.423 e. The number of carbonyl (C=O) groups excluding carboxylic acids is 2. The molecule has 7 heteroatoms. The Hall–Kier alpha value is -2.77. The van der Waals surface area contributed by atoms with E-state index in [9.17, 15) is 9.59 Å². The van der Waals surface area contributed by atoms with Crippen LogP contribution in [0.25, 0.3) is 0 Å². The van der Waals surface area contributed by atoms with Gasteiger partial charge in [-0.1, -0.05) is 32.9 Å². The molecule has 7 nitrogen and oxygen atoms in total. The van der Waals surface area contributed by atoms with Crippen molar-refractivity contribution in [2.45, 2.75) is 39.5 Å². The third-order valence-corrected chi connectivity index (χ3v) is 5.40. The Bertz CT molecular complexity index is 918. The molecule has 0 unspecified atom stereocenters. The first kappa shape index (κ1) is 25.5. The zero-order valence-corrected chi connectivity index (χ0v) is 20.1. The predicted octanol–water partition coefficient (Wildman–Crippen LogP) is 2.80. The number of carbonyl (C=O) groups is 2. The van der Waals surface area contributed by atoms with E-state index in [1.807, 2.05) is 50.2 Å². The summed E-state index contributed by atoms with van der Waals surface area (Å²) < 4.78 is 5.64. The molecule has 1 aromatic carbocycles. The third-order valence-electron chi connectivity index (χ3n) is 5.40. The summed E-state index contributed by atoms with van der Waals surface area (Å²) in [7, 11) is 3.91. The van der Waals surface area contributed by atoms with Gasteiger partial charge in [-0.2, -0.15) is 0 Å². The Balaban J connectivity index is 2.17. The number of aryl methyl sites for hydroxylation is 1. The standard InChI is InChI=1S/C25H36N4O3/c1-18-21(12-14-29(23(30)17-26)16-15-28(5)6)22(11-13-27-18)24(31)32-20-9-7-19(8-10-20)25(2,3)4/h7-11,13H,12,14-17,26H2,1-6H3. The van der Waals surface area contributed by atoms with E-state index in [0.717, 1.165) is 17.8 Å². The Kier molecular flexibility index (Phi) is 8.92. The van der Waals surface area contributed by atoms with Gasteiger partial charge in [0.25, 0.3) is 0 Å². The molecule has 0 bridgehead atoms. The maximum atomic E-state index is 13.0. The molecule has 174 valence electrons. The zero-order valence-electron chi connectivity index (χ0n) is 20.1. The van der Waals surface area contributed by atoms with Gasteiger partial charge in [0.15, 0.2) is 0 Å². The molecule has 0 spiro atoms. The molecule has 1 amide bonds. The number of hydrogen-bond donors (Lipinski definition) is 1. The van der Waals surface area contributed by atoms with Gasteiger partial charge in [-0.15, -0.1) is 0 Å². The molecule has 0 aliphatic heterocycles. The second-order valence-electron chi connectivity index (χ2n) is 9.22. The summed E-state index contributed by atoms with van der Waals surface area (Å²) in [6.07, 6.45) is 2.10. The molecule has 0 saturated heterocycles. The van der Waals surface area contributed by atoms with E-state index in [0.29, 0.717) is 30.8 Å². The second kappa shape index (κ2) is 11.2. The van der Waals surface area contributed by atoms with Crippen LogP contribution in [0.15, 0.2) is 36.5 Å². The topological polar surface area (TPSA) is 88.8 Å². The summed E-state index contributed by atoms with van der Waals surface area (Å²) in [5, 5.41) is 0. The molecule has 0 saturated carbocycles. The number of rotatable bonds is 9. The van der Waals surface area contributed by atoms with Gasteiger partial charge in [0, 0.05) is 31.5 Å². The largest absolute Gasteiger partial charge is 0.423 e.